The van der Waals surface area contributed by atoms with Crippen LogP contribution >= 0.6 is 0 Å². The number of hydrogen-bond acceptors (Lipinski definition) is 4. The van der Waals surface area contributed by atoms with Crippen molar-refractivity contribution in [2.75, 3.05) is 20.2 Å². The first kappa shape index (κ1) is 16.8. The number of rotatable bonds is 3. The molecule has 1 aromatic carbocycles. The minimum absolute atomic E-state index is 0.216. The predicted octanol–water partition coefficient (Wildman–Crippen LogP) is 1.21. The Kier molecular flexibility index (Phi) is 4.23. The molecule has 22 heavy (non-hydrogen) atoms. The molecule has 1 aliphatic rings. The Labute approximate surface area is 131 Å². The Hall–Kier alpha value is -1.60. The van der Waals surface area contributed by atoms with Crippen LogP contribution in [0.5, 0.6) is 5.75 Å². The van der Waals surface area contributed by atoms with Gasteiger partial charge in [0.25, 0.3) is 0 Å². The second-order valence-electron chi connectivity index (χ2n) is 5.98. The van der Waals surface area contributed by atoms with E-state index < -0.39 is 15.6 Å². The SMILES string of the molecule is COc1cc(C)c(S(=O)(=O)N2CCNC(=O)C2(C)C)cc1C. The summed E-state index contributed by atoms with van der Waals surface area (Å²) in [4.78, 5) is 12.2. The van der Waals surface area contributed by atoms with Crippen LogP contribution in [0.15, 0.2) is 17.0 Å². The van der Waals surface area contributed by atoms with Crippen molar-refractivity contribution in [3.63, 3.8) is 0 Å². The van der Waals surface area contributed by atoms with Gasteiger partial charge in [-0.2, -0.15) is 4.31 Å². The average Bonchev–Trinajstić information content (AvgIpc) is 2.43. The molecule has 122 valence electrons. The van der Waals surface area contributed by atoms with Crippen molar-refractivity contribution < 1.29 is 17.9 Å². The molecule has 0 saturated carbocycles. The molecular weight excluding hydrogens is 304 g/mol. The summed E-state index contributed by atoms with van der Waals surface area (Å²) >= 11 is 0. The number of nitrogens with zero attached hydrogens (tertiary/aromatic N) is 1. The molecule has 1 heterocycles. The van der Waals surface area contributed by atoms with E-state index in [0.717, 1.165) is 5.56 Å². The smallest absolute Gasteiger partial charge is 0.244 e. The van der Waals surface area contributed by atoms with Crippen molar-refractivity contribution in [3.05, 3.63) is 23.3 Å². The van der Waals surface area contributed by atoms with E-state index in [0.29, 0.717) is 17.9 Å². The van der Waals surface area contributed by atoms with Crippen molar-refractivity contribution in [1.82, 2.24) is 9.62 Å². The zero-order valence-corrected chi connectivity index (χ0v) is 14.4. The van der Waals surface area contributed by atoms with E-state index in [1.807, 2.05) is 0 Å². The fourth-order valence-corrected chi connectivity index (χ4v) is 4.72. The highest BCUT2D eigenvalue weighted by molar-refractivity contribution is 7.89. The molecule has 0 spiro atoms. The van der Waals surface area contributed by atoms with Gasteiger partial charge in [-0.05, 0) is 51.0 Å². The van der Waals surface area contributed by atoms with Crippen molar-refractivity contribution in [3.8, 4) is 5.75 Å². The summed E-state index contributed by atoms with van der Waals surface area (Å²) in [7, 11) is -2.21. The predicted molar refractivity (Wildman–Crippen MR) is 83.4 cm³/mol. The molecule has 2 rings (SSSR count). The third-order valence-corrected chi connectivity index (χ3v) is 6.26. The maximum absolute atomic E-state index is 13.0. The van der Waals surface area contributed by atoms with Crippen LogP contribution in [0.2, 0.25) is 0 Å². The molecule has 1 saturated heterocycles. The quantitative estimate of drug-likeness (QED) is 0.906. The number of amides is 1. The van der Waals surface area contributed by atoms with E-state index in [9.17, 15) is 13.2 Å². The lowest BCUT2D eigenvalue weighted by atomic mass is 10.0. The van der Waals surface area contributed by atoms with Gasteiger partial charge in [0, 0.05) is 13.1 Å². The minimum Gasteiger partial charge on any atom is -0.496 e. The summed E-state index contributed by atoms with van der Waals surface area (Å²) in [6, 6.07) is 3.31. The number of nitrogens with one attached hydrogen (secondary N) is 1. The number of benzene rings is 1. The molecule has 0 atom stereocenters. The number of piperazine rings is 1. The third kappa shape index (κ3) is 2.59. The number of carbonyl (C=O) groups is 1. The van der Waals surface area contributed by atoms with Crippen molar-refractivity contribution >= 4 is 15.9 Å². The summed E-state index contributed by atoms with van der Waals surface area (Å²) in [5, 5.41) is 2.71. The lowest BCUT2D eigenvalue weighted by molar-refractivity contribution is -0.131. The number of aryl methyl sites for hydroxylation is 2. The first-order chi connectivity index (χ1) is 10.1. The molecule has 1 aliphatic heterocycles. The zero-order valence-electron chi connectivity index (χ0n) is 13.6. The van der Waals surface area contributed by atoms with E-state index in [1.165, 1.54) is 4.31 Å². The number of methoxy groups -OCH3 is 1. The Morgan fingerprint density at radius 2 is 1.86 bits per heavy atom. The normalized spacial score (nSPS) is 18.9. The van der Waals surface area contributed by atoms with Gasteiger partial charge in [0.2, 0.25) is 15.9 Å². The fourth-order valence-electron chi connectivity index (χ4n) is 2.68. The minimum atomic E-state index is -3.76. The molecule has 0 unspecified atom stereocenters. The van der Waals surface area contributed by atoms with Crippen LogP contribution in [0.4, 0.5) is 0 Å². The van der Waals surface area contributed by atoms with Crippen LogP contribution in [0.3, 0.4) is 0 Å². The highest BCUT2D eigenvalue weighted by Crippen LogP contribution is 2.31. The number of carbonyl (C=O) groups excluding carboxylic acids is 1. The molecule has 0 radical (unpaired) electrons. The Morgan fingerprint density at radius 3 is 2.45 bits per heavy atom. The van der Waals surface area contributed by atoms with Crippen LogP contribution in [0.1, 0.15) is 25.0 Å². The first-order valence-corrected chi connectivity index (χ1v) is 8.52. The topological polar surface area (TPSA) is 75.7 Å². The van der Waals surface area contributed by atoms with Gasteiger partial charge in [-0.3, -0.25) is 4.79 Å². The monoisotopic (exact) mass is 326 g/mol. The van der Waals surface area contributed by atoms with E-state index in [2.05, 4.69) is 5.32 Å². The number of hydrogen-bond donors (Lipinski definition) is 1. The second kappa shape index (κ2) is 5.55. The highest BCUT2D eigenvalue weighted by atomic mass is 32.2. The largest absolute Gasteiger partial charge is 0.496 e. The molecule has 0 bridgehead atoms. The van der Waals surface area contributed by atoms with Crippen LogP contribution in [0.25, 0.3) is 0 Å². The van der Waals surface area contributed by atoms with E-state index in [4.69, 9.17) is 4.74 Å². The summed E-state index contributed by atoms with van der Waals surface area (Å²) in [6.45, 7) is 7.33. The van der Waals surface area contributed by atoms with Crippen LogP contribution in [-0.4, -0.2) is 44.4 Å². The standard InChI is InChI=1S/C15H22N2O4S/c1-10-9-13(11(2)8-12(10)21-5)22(19,20)17-7-6-16-14(18)15(17,3)4/h8-9H,6-7H2,1-5H3,(H,16,18). The average molecular weight is 326 g/mol. The van der Waals surface area contributed by atoms with Gasteiger partial charge < -0.3 is 10.1 Å². The molecule has 7 heteroatoms. The maximum Gasteiger partial charge on any atom is 0.244 e. The Bertz CT molecular complexity index is 710. The molecule has 0 aromatic heterocycles. The lowest BCUT2D eigenvalue weighted by Gasteiger charge is -2.40. The van der Waals surface area contributed by atoms with Gasteiger partial charge in [0.15, 0.2) is 0 Å². The number of sulfonamides is 1. The Morgan fingerprint density at radius 1 is 1.23 bits per heavy atom. The van der Waals surface area contributed by atoms with Crippen molar-refractivity contribution in [1.29, 1.82) is 0 Å². The highest BCUT2D eigenvalue weighted by Gasteiger charge is 2.45. The number of ether oxygens (including phenoxy) is 1. The second-order valence-corrected chi connectivity index (χ2v) is 7.81. The maximum atomic E-state index is 13.0. The summed E-state index contributed by atoms with van der Waals surface area (Å²) in [6.07, 6.45) is 0. The molecule has 1 N–H and O–H groups in total. The zero-order chi connectivity index (χ0) is 16.7. The van der Waals surface area contributed by atoms with Gasteiger partial charge in [-0.15, -0.1) is 0 Å². The van der Waals surface area contributed by atoms with E-state index in [1.54, 1.807) is 46.9 Å². The van der Waals surface area contributed by atoms with Gasteiger partial charge in [-0.1, -0.05) is 0 Å². The van der Waals surface area contributed by atoms with E-state index in [-0.39, 0.29) is 17.3 Å². The molecular formula is C15H22N2O4S. The third-order valence-electron chi connectivity index (χ3n) is 4.04. The van der Waals surface area contributed by atoms with Gasteiger partial charge in [-0.25, -0.2) is 8.42 Å². The van der Waals surface area contributed by atoms with Crippen LogP contribution < -0.4 is 10.1 Å². The molecule has 1 fully saturated rings. The fraction of sp³-hybridized carbons (Fsp3) is 0.533. The Balaban J connectivity index is 2.56. The van der Waals surface area contributed by atoms with Crippen LogP contribution in [0, 0.1) is 13.8 Å². The van der Waals surface area contributed by atoms with Crippen molar-refractivity contribution in [2.45, 2.75) is 38.1 Å². The van der Waals surface area contributed by atoms with Gasteiger partial charge in [0.05, 0.1) is 12.0 Å². The molecule has 0 aliphatic carbocycles. The molecule has 1 aromatic rings. The molecule has 6 nitrogen and oxygen atoms in total. The van der Waals surface area contributed by atoms with Crippen LogP contribution in [-0.2, 0) is 14.8 Å². The first-order valence-electron chi connectivity index (χ1n) is 7.08. The molecule has 1 amide bonds. The summed E-state index contributed by atoms with van der Waals surface area (Å²) < 4.78 is 32.5. The van der Waals surface area contributed by atoms with Crippen molar-refractivity contribution in [2.24, 2.45) is 0 Å². The summed E-state index contributed by atoms with van der Waals surface area (Å²) in [5.41, 5.74) is 0.229. The summed E-state index contributed by atoms with van der Waals surface area (Å²) in [5.74, 6) is 0.359. The van der Waals surface area contributed by atoms with E-state index >= 15 is 0 Å². The van der Waals surface area contributed by atoms with Gasteiger partial charge in [0.1, 0.15) is 11.3 Å². The lowest BCUT2D eigenvalue weighted by Crippen LogP contribution is -2.63. The van der Waals surface area contributed by atoms with Gasteiger partial charge >= 0.3 is 0 Å².